The Morgan fingerprint density at radius 2 is 1.33 bits per heavy atom. The van der Waals surface area contributed by atoms with Gasteiger partial charge in [0.25, 0.3) is 0 Å². The second kappa shape index (κ2) is 7.53. The van der Waals surface area contributed by atoms with Gasteiger partial charge in [0.05, 0.1) is 7.11 Å². The Hall–Kier alpha value is -1.45. The highest BCUT2D eigenvalue weighted by atomic mass is 32.2. The first-order chi connectivity index (χ1) is 10.1. The highest BCUT2D eigenvalue weighted by Gasteiger charge is 2.11. The van der Waals surface area contributed by atoms with Crippen molar-refractivity contribution in [2.24, 2.45) is 0 Å². The molecule has 0 aliphatic carbocycles. The van der Waals surface area contributed by atoms with E-state index in [0.29, 0.717) is 12.1 Å². The van der Waals surface area contributed by atoms with Crippen LogP contribution >= 0.6 is 11.8 Å². The summed E-state index contributed by atoms with van der Waals surface area (Å²) in [4.78, 5) is 1.30. The van der Waals surface area contributed by atoms with E-state index in [9.17, 15) is 0 Å². The fourth-order valence-electron chi connectivity index (χ4n) is 2.35. The normalized spacial score (nSPS) is 13.7. The minimum atomic E-state index is 0.297. The second-order valence-corrected chi connectivity index (χ2v) is 6.04. The molecule has 2 aromatic carbocycles. The van der Waals surface area contributed by atoms with Crippen molar-refractivity contribution in [2.45, 2.75) is 30.8 Å². The molecule has 0 spiro atoms. The Kier molecular flexibility index (Phi) is 5.71. The first-order valence-electron chi connectivity index (χ1n) is 7.18. The van der Waals surface area contributed by atoms with Crippen LogP contribution < -0.4 is 10.1 Å². The summed E-state index contributed by atoms with van der Waals surface area (Å²) in [5.41, 5.74) is 2.58. The fourth-order valence-corrected chi connectivity index (χ4v) is 2.76. The molecule has 0 saturated carbocycles. The van der Waals surface area contributed by atoms with Crippen LogP contribution in [0.25, 0.3) is 0 Å². The van der Waals surface area contributed by atoms with E-state index in [-0.39, 0.29) is 0 Å². The van der Waals surface area contributed by atoms with Crippen molar-refractivity contribution < 1.29 is 4.74 Å². The summed E-state index contributed by atoms with van der Waals surface area (Å²) in [5.74, 6) is 0.895. The predicted molar refractivity (Wildman–Crippen MR) is 91.2 cm³/mol. The van der Waals surface area contributed by atoms with Crippen molar-refractivity contribution in [1.29, 1.82) is 0 Å². The molecule has 0 bridgehead atoms. The Balaban J connectivity index is 2.01. The molecular formula is C18H23NOS. The molecule has 1 N–H and O–H groups in total. The molecule has 2 nitrogen and oxygen atoms in total. The maximum atomic E-state index is 5.20. The number of ether oxygens (including phenoxy) is 1. The summed E-state index contributed by atoms with van der Waals surface area (Å²) >= 11 is 1.77. The molecule has 112 valence electrons. The van der Waals surface area contributed by atoms with Crippen molar-refractivity contribution in [1.82, 2.24) is 5.32 Å². The first kappa shape index (κ1) is 15.9. The summed E-state index contributed by atoms with van der Waals surface area (Å²) in [7, 11) is 1.69. The van der Waals surface area contributed by atoms with Crippen molar-refractivity contribution in [2.75, 3.05) is 13.4 Å². The van der Waals surface area contributed by atoms with Crippen LogP contribution in [-0.4, -0.2) is 13.4 Å². The van der Waals surface area contributed by atoms with Crippen LogP contribution in [0.3, 0.4) is 0 Å². The van der Waals surface area contributed by atoms with E-state index in [4.69, 9.17) is 4.74 Å². The molecular weight excluding hydrogens is 278 g/mol. The van der Waals surface area contributed by atoms with Crippen LogP contribution in [-0.2, 0) is 0 Å². The molecule has 0 amide bonds. The summed E-state index contributed by atoms with van der Waals surface area (Å²) in [6.45, 7) is 4.39. The van der Waals surface area contributed by atoms with Gasteiger partial charge in [-0.25, -0.2) is 0 Å². The number of nitrogens with one attached hydrogen (secondary N) is 1. The third-order valence-corrected chi connectivity index (χ3v) is 4.48. The largest absolute Gasteiger partial charge is 0.497 e. The molecule has 21 heavy (non-hydrogen) atoms. The molecule has 3 heteroatoms. The van der Waals surface area contributed by atoms with Gasteiger partial charge in [-0.2, -0.15) is 0 Å². The lowest BCUT2D eigenvalue weighted by atomic mass is 10.0. The van der Waals surface area contributed by atoms with Gasteiger partial charge in [0.15, 0.2) is 0 Å². The van der Waals surface area contributed by atoms with Crippen LogP contribution in [0.1, 0.15) is 37.1 Å². The van der Waals surface area contributed by atoms with E-state index in [1.54, 1.807) is 18.9 Å². The highest BCUT2D eigenvalue weighted by Crippen LogP contribution is 2.23. The molecule has 0 aliphatic rings. The van der Waals surface area contributed by atoms with Crippen molar-refractivity contribution >= 4 is 11.8 Å². The zero-order valence-electron chi connectivity index (χ0n) is 13.1. The summed E-state index contributed by atoms with van der Waals surface area (Å²) < 4.78 is 5.20. The van der Waals surface area contributed by atoms with E-state index in [1.165, 1.54) is 16.0 Å². The van der Waals surface area contributed by atoms with Gasteiger partial charge in [0.1, 0.15) is 5.75 Å². The number of thioether (sulfide) groups is 1. The first-order valence-corrected chi connectivity index (χ1v) is 8.40. The van der Waals surface area contributed by atoms with Crippen LogP contribution in [0.15, 0.2) is 53.4 Å². The van der Waals surface area contributed by atoms with Crippen LogP contribution in [0.5, 0.6) is 5.75 Å². The van der Waals surface area contributed by atoms with E-state index in [2.05, 4.69) is 61.8 Å². The molecule has 0 saturated heterocycles. The second-order valence-electron chi connectivity index (χ2n) is 5.16. The number of rotatable bonds is 6. The Morgan fingerprint density at radius 3 is 1.76 bits per heavy atom. The predicted octanol–water partition coefficient (Wildman–Crippen LogP) is 4.83. The standard InChI is InChI=1S/C18H23NOS/c1-13(15-5-9-17(20-3)10-6-15)19-14(2)16-7-11-18(21-4)12-8-16/h5-14,19H,1-4H3. The van der Waals surface area contributed by atoms with Crippen molar-refractivity contribution in [3.8, 4) is 5.75 Å². The van der Waals surface area contributed by atoms with Gasteiger partial charge >= 0.3 is 0 Å². The summed E-state index contributed by atoms with van der Waals surface area (Å²) in [5, 5.41) is 3.64. The van der Waals surface area contributed by atoms with Crippen LogP contribution in [0, 0.1) is 0 Å². The quantitative estimate of drug-likeness (QED) is 0.772. The molecule has 0 fully saturated rings. The van der Waals surface area contributed by atoms with E-state index >= 15 is 0 Å². The van der Waals surface area contributed by atoms with Crippen LogP contribution in [0.2, 0.25) is 0 Å². The minimum absolute atomic E-state index is 0.297. The lowest BCUT2D eigenvalue weighted by Crippen LogP contribution is -2.22. The van der Waals surface area contributed by atoms with Gasteiger partial charge in [-0.3, -0.25) is 0 Å². The van der Waals surface area contributed by atoms with E-state index in [0.717, 1.165) is 5.75 Å². The molecule has 0 aliphatic heterocycles. The Morgan fingerprint density at radius 1 is 0.857 bits per heavy atom. The number of hydrogen-bond acceptors (Lipinski definition) is 3. The number of methoxy groups -OCH3 is 1. The third kappa shape index (κ3) is 4.26. The average Bonchev–Trinajstić information content (AvgIpc) is 2.55. The Bertz CT molecular complexity index is 499. The molecule has 2 rings (SSSR count). The molecule has 2 atom stereocenters. The van der Waals surface area contributed by atoms with Crippen molar-refractivity contribution in [3.05, 3.63) is 59.7 Å². The lowest BCUT2D eigenvalue weighted by Gasteiger charge is -2.21. The molecule has 0 aromatic heterocycles. The topological polar surface area (TPSA) is 21.3 Å². The van der Waals surface area contributed by atoms with Gasteiger partial charge in [-0.1, -0.05) is 24.3 Å². The van der Waals surface area contributed by atoms with E-state index < -0.39 is 0 Å². The van der Waals surface area contributed by atoms with Crippen LogP contribution in [0.4, 0.5) is 0 Å². The van der Waals surface area contributed by atoms with Gasteiger partial charge in [-0.15, -0.1) is 11.8 Å². The Labute approximate surface area is 131 Å². The lowest BCUT2D eigenvalue weighted by molar-refractivity contribution is 0.414. The molecule has 0 radical (unpaired) electrons. The highest BCUT2D eigenvalue weighted by molar-refractivity contribution is 7.98. The SMILES string of the molecule is COc1ccc(C(C)NC(C)c2ccc(SC)cc2)cc1. The molecule has 2 unspecified atom stereocenters. The minimum Gasteiger partial charge on any atom is -0.497 e. The molecule has 0 heterocycles. The van der Waals surface area contributed by atoms with Gasteiger partial charge < -0.3 is 10.1 Å². The maximum Gasteiger partial charge on any atom is 0.118 e. The number of benzene rings is 2. The summed E-state index contributed by atoms with van der Waals surface area (Å²) in [6, 6.07) is 17.6. The zero-order chi connectivity index (χ0) is 15.2. The van der Waals surface area contributed by atoms with Gasteiger partial charge in [0, 0.05) is 17.0 Å². The number of hydrogen-bond donors (Lipinski definition) is 1. The average molecular weight is 301 g/mol. The zero-order valence-corrected chi connectivity index (χ0v) is 13.9. The van der Waals surface area contributed by atoms with Crippen molar-refractivity contribution in [3.63, 3.8) is 0 Å². The fraction of sp³-hybridized carbons (Fsp3) is 0.333. The van der Waals surface area contributed by atoms with E-state index in [1.807, 2.05) is 12.1 Å². The monoisotopic (exact) mass is 301 g/mol. The summed E-state index contributed by atoms with van der Waals surface area (Å²) in [6.07, 6.45) is 2.10. The van der Waals surface area contributed by atoms with Gasteiger partial charge in [-0.05, 0) is 55.5 Å². The maximum absolute atomic E-state index is 5.20. The third-order valence-electron chi connectivity index (χ3n) is 3.73. The smallest absolute Gasteiger partial charge is 0.118 e. The molecule has 2 aromatic rings. The van der Waals surface area contributed by atoms with Gasteiger partial charge in [0.2, 0.25) is 0 Å².